The summed E-state index contributed by atoms with van der Waals surface area (Å²) in [5.74, 6) is 3.53. The van der Waals surface area contributed by atoms with Gasteiger partial charge in [0, 0.05) is 0 Å². The molecule has 0 amide bonds. The molecule has 1 saturated heterocycles. The van der Waals surface area contributed by atoms with Crippen LogP contribution in [0.1, 0.15) is 19.8 Å². The van der Waals surface area contributed by atoms with Gasteiger partial charge in [-0.1, -0.05) is 6.92 Å². The fraction of sp³-hybridized carbons (Fsp3) is 1.00. The smallest absolute Gasteiger partial charge is 0.0532 e. The summed E-state index contributed by atoms with van der Waals surface area (Å²) < 4.78 is 0. The summed E-state index contributed by atoms with van der Waals surface area (Å²) in [6.45, 7) is 3.54. The molecule has 0 saturated carbocycles. The van der Waals surface area contributed by atoms with Gasteiger partial charge in [-0.15, -0.1) is 11.8 Å². The van der Waals surface area contributed by atoms with Crippen LogP contribution in [-0.4, -0.2) is 29.7 Å². The van der Waals surface area contributed by atoms with Crippen LogP contribution in [0, 0.1) is 5.92 Å². The molecule has 1 rings (SSSR count). The van der Waals surface area contributed by atoms with Crippen LogP contribution in [-0.2, 0) is 0 Å². The van der Waals surface area contributed by atoms with Gasteiger partial charge in [0.2, 0.25) is 0 Å². The normalized spacial score (nSPS) is 30.5. The number of thioether (sulfide) groups is 2. The first-order valence-corrected chi connectivity index (χ1v) is 7.11. The van der Waals surface area contributed by atoms with E-state index in [4.69, 9.17) is 0 Å². The Hall–Kier alpha value is 0.660. The lowest BCUT2D eigenvalue weighted by Gasteiger charge is -2.27. The van der Waals surface area contributed by atoms with Crippen LogP contribution < -0.4 is 5.32 Å². The standard InChI is InChI=1S/C9H19NS2/c1-8-6-10-9(12-7-8)4-3-5-11-2/h8-10H,3-7H2,1-2H3. The predicted molar refractivity (Wildman–Crippen MR) is 61.0 cm³/mol. The maximum atomic E-state index is 3.58. The third kappa shape index (κ3) is 4.06. The lowest BCUT2D eigenvalue weighted by molar-refractivity contribution is 0.503. The van der Waals surface area contributed by atoms with Gasteiger partial charge in [-0.25, -0.2) is 0 Å². The molecule has 1 heterocycles. The molecule has 1 aliphatic heterocycles. The van der Waals surface area contributed by atoms with Crippen molar-refractivity contribution in [2.24, 2.45) is 5.92 Å². The minimum atomic E-state index is 0.744. The van der Waals surface area contributed by atoms with Crippen LogP contribution in [0.3, 0.4) is 0 Å². The van der Waals surface area contributed by atoms with E-state index in [-0.39, 0.29) is 0 Å². The van der Waals surface area contributed by atoms with Crippen LogP contribution in [0.2, 0.25) is 0 Å². The molecule has 72 valence electrons. The molecular formula is C9H19NS2. The largest absolute Gasteiger partial charge is 0.305 e. The Bertz CT molecular complexity index is 111. The van der Waals surface area contributed by atoms with Crippen molar-refractivity contribution in [3.05, 3.63) is 0 Å². The average molecular weight is 205 g/mol. The molecule has 1 fully saturated rings. The summed E-state index contributed by atoms with van der Waals surface area (Å²) in [6.07, 6.45) is 4.89. The van der Waals surface area contributed by atoms with E-state index in [1.54, 1.807) is 0 Å². The molecule has 0 aliphatic carbocycles. The van der Waals surface area contributed by atoms with E-state index in [0.29, 0.717) is 0 Å². The molecule has 0 aromatic carbocycles. The Morgan fingerprint density at radius 2 is 2.42 bits per heavy atom. The molecule has 1 aliphatic rings. The first-order valence-electron chi connectivity index (χ1n) is 4.67. The van der Waals surface area contributed by atoms with Gasteiger partial charge in [0.25, 0.3) is 0 Å². The van der Waals surface area contributed by atoms with E-state index in [1.807, 2.05) is 11.8 Å². The molecule has 3 heteroatoms. The summed E-state index contributed by atoms with van der Waals surface area (Å²) >= 11 is 4.06. The molecule has 0 aromatic rings. The molecule has 2 atom stereocenters. The minimum Gasteiger partial charge on any atom is -0.305 e. The Labute approximate surface area is 84.4 Å². The van der Waals surface area contributed by atoms with Crippen LogP contribution in [0.5, 0.6) is 0 Å². The Morgan fingerprint density at radius 3 is 3.00 bits per heavy atom. The topological polar surface area (TPSA) is 12.0 Å². The molecule has 12 heavy (non-hydrogen) atoms. The van der Waals surface area contributed by atoms with Gasteiger partial charge in [0.15, 0.2) is 0 Å². The molecule has 1 N–H and O–H groups in total. The maximum Gasteiger partial charge on any atom is 0.0532 e. The van der Waals surface area contributed by atoms with Crippen molar-refractivity contribution in [3.63, 3.8) is 0 Å². The lowest BCUT2D eigenvalue weighted by Crippen LogP contribution is -2.36. The fourth-order valence-corrected chi connectivity index (χ4v) is 3.01. The molecule has 0 spiro atoms. The zero-order valence-electron chi connectivity index (χ0n) is 8.01. The summed E-state index contributed by atoms with van der Waals surface area (Å²) in [5.41, 5.74) is 0. The quantitative estimate of drug-likeness (QED) is 0.708. The van der Waals surface area contributed by atoms with Crippen LogP contribution in [0.4, 0.5) is 0 Å². The van der Waals surface area contributed by atoms with E-state index < -0.39 is 0 Å². The number of hydrogen-bond donors (Lipinski definition) is 1. The van der Waals surface area contributed by atoms with Crippen molar-refractivity contribution >= 4 is 23.5 Å². The molecule has 1 nitrogen and oxygen atoms in total. The van der Waals surface area contributed by atoms with Crippen molar-refractivity contribution in [2.45, 2.75) is 25.1 Å². The molecular weight excluding hydrogens is 186 g/mol. The number of nitrogens with one attached hydrogen (secondary N) is 1. The molecule has 0 aromatic heterocycles. The monoisotopic (exact) mass is 205 g/mol. The highest BCUT2D eigenvalue weighted by molar-refractivity contribution is 8.00. The van der Waals surface area contributed by atoms with Gasteiger partial charge in [0.05, 0.1) is 5.37 Å². The van der Waals surface area contributed by atoms with Gasteiger partial charge in [-0.05, 0) is 43.1 Å². The molecule has 0 radical (unpaired) electrons. The van der Waals surface area contributed by atoms with Crippen molar-refractivity contribution < 1.29 is 0 Å². The highest BCUT2D eigenvalue weighted by Gasteiger charge is 2.16. The van der Waals surface area contributed by atoms with E-state index >= 15 is 0 Å². The predicted octanol–water partition coefficient (Wildman–Crippen LogP) is 2.43. The zero-order chi connectivity index (χ0) is 8.81. The maximum absolute atomic E-state index is 3.58. The van der Waals surface area contributed by atoms with Crippen molar-refractivity contribution in [2.75, 3.05) is 24.3 Å². The second-order valence-corrected chi connectivity index (χ2v) is 5.69. The third-order valence-corrected chi connectivity index (χ3v) is 4.35. The van der Waals surface area contributed by atoms with Crippen molar-refractivity contribution in [3.8, 4) is 0 Å². The van der Waals surface area contributed by atoms with Crippen LogP contribution >= 0.6 is 23.5 Å². The second-order valence-electron chi connectivity index (χ2n) is 3.47. The van der Waals surface area contributed by atoms with Gasteiger partial charge in [-0.3, -0.25) is 0 Å². The van der Waals surface area contributed by atoms with E-state index in [1.165, 1.54) is 30.9 Å². The average Bonchev–Trinajstić information content (AvgIpc) is 2.09. The summed E-state index contributed by atoms with van der Waals surface area (Å²) in [4.78, 5) is 0. The van der Waals surface area contributed by atoms with Gasteiger partial charge in [-0.2, -0.15) is 11.8 Å². The van der Waals surface area contributed by atoms with Gasteiger partial charge < -0.3 is 5.32 Å². The van der Waals surface area contributed by atoms with Crippen molar-refractivity contribution in [1.82, 2.24) is 5.32 Å². The first-order chi connectivity index (χ1) is 5.83. The Kier molecular flexibility index (Phi) is 5.52. The SMILES string of the molecule is CSCCCC1NCC(C)CS1. The van der Waals surface area contributed by atoms with Crippen molar-refractivity contribution in [1.29, 1.82) is 0 Å². The first kappa shape index (κ1) is 10.7. The summed E-state index contributed by atoms with van der Waals surface area (Å²) in [5, 5.41) is 4.33. The van der Waals surface area contributed by atoms with E-state index in [2.05, 4.69) is 30.3 Å². The minimum absolute atomic E-state index is 0.744. The van der Waals surface area contributed by atoms with E-state index in [0.717, 1.165) is 11.3 Å². The zero-order valence-corrected chi connectivity index (χ0v) is 9.64. The van der Waals surface area contributed by atoms with E-state index in [9.17, 15) is 0 Å². The highest BCUT2D eigenvalue weighted by Crippen LogP contribution is 2.22. The Morgan fingerprint density at radius 1 is 1.58 bits per heavy atom. The Balaban J connectivity index is 2.01. The molecule has 0 bridgehead atoms. The number of rotatable bonds is 4. The summed E-state index contributed by atoms with van der Waals surface area (Å²) in [7, 11) is 0. The molecule has 2 unspecified atom stereocenters. The fourth-order valence-electron chi connectivity index (χ4n) is 1.33. The third-order valence-electron chi connectivity index (χ3n) is 2.09. The van der Waals surface area contributed by atoms with Gasteiger partial charge >= 0.3 is 0 Å². The number of hydrogen-bond acceptors (Lipinski definition) is 3. The second kappa shape index (κ2) is 6.17. The highest BCUT2D eigenvalue weighted by atomic mass is 32.2. The van der Waals surface area contributed by atoms with Crippen LogP contribution in [0.25, 0.3) is 0 Å². The van der Waals surface area contributed by atoms with Gasteiger partial charge in [0.1, 0.15) is 0 Å². The lowest BCUT2D eigenvalue weighted by atomic mass is 10.2. The summed E-state index contributed by atoms with van der Waals surface area (Å²) in [6, 6.07) is 0. The van der Waals surface area contributed by atoms with Crippen LogP contribution in [0.15, 0.2) is 0 Å².